The Morgan fingerprint density at radius 3 is 2.09 bits per heavy atom. The summed E-state index contributed by atoms with van der Waals surface area (Å²) >= 11 is 0. The predicted molar refractivity (Wildman–Crippen MR) is 131 cm³/mol. The van der Waals surface area contributed by atoms with Gasteiger partial charge in [0, 0.05) is 23.4 Å². The molecule has 0 saturated carbocycles. The van der Waals surface area contributed by atoms with Crippen LogP contribution in [0.3, 0.4) is 0 Å². The van der Waals surface area contributed by atoms with Crippen LogP contribution in [0.15, 0.2) is 30.5 Å². The molecule has 188 valence electrons. The molecule has 0 amide bonds. The number of nitrogens with one attached hydrogen (secondary N) is 3. The summed E-state index contributed by atoms with van der Waals surface area (Å²) < 4.78 is 62.1. The van der Waals surface area contributed by atoms with Crippen molar-refractivity contribution in [2.75, 3.05) is 50.1 Å². The van der Waals surface area contributed by atoms with Gasteiger partial charge in [-0.3, -0.25) is 4.72 Å². The largest absolute Gasteiger partial charge is 0.496 e. The van der Waals surface area contributed by atoms with E-state index in [1.165, 1.54) is 28.4 Å². The molecule has 0 saturated heterocycles. The van der Waals surface area contributed by atoms with Crippen LogP contribution in [-0.2, 0) is 10.0 Å². The smallest absolute Gasteiger partial charge is 0.229 e. The summed E-state index contributed by atoms with van der Waals surface area (Å²) in [7, 11) is 2.28. The molecule has 0 aliphatic carbocycles. The summed E-state index contributed by atoms with van der Waals surface area (Å²) in [5, 5.41) is 5.79. The standard InChI is InChI=1S/C22H26FN5O6S/c1-12-16(31-2)8-7-15(19(12)28-35(6,29)30)26-21-14(23)11-24-22(27-21)25-13-9-17(32-3)20(34-5)18(10-13)33-4/h7-11,28H,1-6H3,(H2,24,25,26,27). The maximum absolute atomic E-state index is 14.6. The quantitative estimate of drug-likeness (QED) is 0.372. The lowest BCUT2D eigenvalue weighted by Gasteiger charge is -2.18. The number of hydrogen-bond acceptors (Lipinski definition) is 10. The van der Waals surface area contributed by atoms with E-state index in [0.29, 0.717) is 34.2 Å². The maximum atomic E-state index is 14.6. The van der Waals surface area contributed by atoms with Gasteiger partial charge in [0.2, 0.25) is 21.7 Å². The van der Waals surface area contributed by atoms with Crippen LogP contribution >= 0.6 is 0 Å². The number of aromatic nitrogens is 2. The Bertz CT molecular complexity index is 1310. The third-order valence-corrected chi connectivity index (χ3v) is 5.42. The van der Waals surface area contributed by atoms with Crippen molar-refractivity contribution in [3.8, 4) is 23.0 Å². The maximum Gasteiger partial charge on any atom is 0.229 e. The van der Waals surface area contributed by atoms with E-state index in [9.17, 15) is 12.8 Å². The number of halogens is 1. The van der Waals surface area contributed by atoms with Crippen LogP contribution in [0.2, 0.25) is 0 Å². The fourth-order valence-electron chi connectivity index (χ4n) is 3.26. The molecule has 0 unspecified atom stereocenters. The highest BCUT2D eigenvalue weighted by molar-refractivity contribution is 7.92. The minimum Gasteiger partial charge on any atom is -0.496 e. The lowest BCUT2D eigenvalue weighted by atomic mass is 10.1. The van der Waals surface area contributed by atoms with Gasteiger partial charge in [-0.05, 0) is 19.1 Å². The first-order valence-electron chi connectivity index (χ1n) is 10.1. The van der Waals surface area contributed by atoms with E-state index in [-0.39, 0.29) is 23.1 Å². The van der Waals surface area contributed by atoms with E-state index in [1.54, 1.807) is 31.2 Å². The van der Waals surface area contributed by atoms with E-state index in [4.69, 9.17) is 18.9 Å². The molecule has 11 nitrogen and oxygen atoms in total. The summed E-state index contributed by atoms with van der Waals surface area (Å²) in [5.41, 5.74) is 1.47. The van der Waals surface area contributed by atoms with Gasteiger partial charge in [-0.25, -0.2) is 17.8 Å². The van der Waals surface area contributed by atoms with Crippen LogP contribution in [-0.4, -0.2) is 53.1 Å². The van der Waals surface area contributed by atoms with Gasteiger partial charge in [-0.2, -0.15) is 4.98 Å². The third kappa shape index (κ3) is 5.93. The molecule has 1 heterocycles. The first-order chi connectivity index (χ1) is 16.6. The van der Waals surface area contributed by atoms with Gasteiger partial charge in [0.15, 0.2) is 23.1 Å². The first kappa shape index (κ1) is 25.6. The highest BCUT2D eigenvalue weighted by Crippen LogP contribution is 2.40. The van der Waals surface area contributed by atoms with E-state index >= 15 is 0 Å². The minimum absolute atomic E-state index is 0.0611. The average molecular weight is 508 g/mol. The van der Waals surface area contributed by atoms with Gasteiger partial charge >= 0.3 is 0 Å². The molecular weight excluding hydrogens is 481 g/mol. The molecule has 0 aliphatic rings. The van der Waals surface area contributed by atoms with Crippen LogP contribution in [0.25, 0.3) is 0 Å². The Labute approximate surface area is 202 Å². The summed E-state index contributed by atoms with van der Waals surface area (Å²) in [4.78, 5) is 8.17. The zero-order valence-corrected chi connectivity index (χ0v) is 20.8. The first-order valence-corrected chi connectivity index (χ1v) is 12.0. The number of ether oxygens (including phenoxy) is 4. The van der Waals surface area contributed by atoms with Crippen molar-refractivity contribution < 1.29 is 31.8 Å². The molecule has 0 radical (unpaired) electrons. The second kappa shape index (κ2) is 10.5. The molecule has 0 bridgehead atoms. The Morgan fingerprint density at radius 1 is 0.914 bits per heavy atom. The van der Waals surface area contributed by atoms with Gasteiger partial charge in [0.05, 0.1) is 52.3 Å². The molecule has 0 aliphatic heterocycles. The molecular formula is C22H26FN5O6S. The summed E-state index contributed by atoms with van der Waals surface area (Å²) in [6.45, 7) is 1.67. The summed E-state index contributed by atoms with van der Waals surface area (Å²) in [6, 6.07) is 6.46. The SMILES string of the molecule is COc1ccc(Nc2nc(Nc3cc(OC)c(OC)c(OC)c3)ncc2F)c(NS(C)(=O)=O)c1C. The third-order valence-electron chi connectivity index (χ3n) is 4.84. The second-order valence-electron chi connectivity index (χ2n) is 7.24. The monoisotopic (exact) mass is 507 g/mol. The Kier molecular flexibility index (Phi) is 7.69. The van der Waals surface area contributed by atoms with Gasteiger partial charge in [0.25, 0.3) is 0 Å². The molecule has 3 rings (SSSR count). The lowest BCUT2D eigenvalue weighted by molar-refractivity contribution is 0.324. The molecule has 13 heteroatoms. The van der Waals surface area contributed by atoms with Crippen molar-refractivity contribution in [1.82, 2.24) is 9.97 Å². The molecule has 1 aromatic heterocycles. The van der Waals surface area contributed by atoms with Crippen molar-refractivity contribution in [3.63, 3.8) is 0 Å². The molecule has 35 heavy (non-hydrogen) atoms. The highest BCUT2D eigenvalue weighted by atomic mass is 32.2. The Morgan fingerprint density at radius 2 is 1.54 bits per heavy atom. The number of hydrogen-bond donors (Lipinski definition) is 3. The molecule has 2 aromatic carbocycles. The lowest BCUT2D eigenvalue weighted by Crippen LogP contribution is -2.13. The number of anilines is 5. The van der Waals surface area contributed by atoms with Gasteiger partial charge < -0.3 is 29.6 Å². The summed E-state index contributed by atoms with van der Waals surface area (Å²) in [6.07, 6.45) is 2.00. The van der Waals surface area contributed by atoms with Crippen LogP contribution in [0.4, 0.5) is 33.2 Å². The second-order valence-corrected chi connectivity index (χ2v) is 8.99. The van der Waals surface area contributed by atoms with Gasteiger partial charge in [0.1, 0.15) is 5.75 Å². The number of nitrogens with zero attached hydrogens (tertiary/aromatic N) is 2. The number of sulfonamides is 1. The van der Waals surface area contributed by atoms with Crippen molar-refractivity contribution >= 4 is 38.9 Å². The van der Waals surface area contributed by atoms with E-state index < -0.39 is 15.8 Å². The van der Waals surface area contributed by atoms with Crippen molar-refractivity contribution in [2.45, 2.75) is 6.92 Å². The van der Waals surface area contributed by atoms with Crippen LogP contribution < -0.4 is 34.3 Å². The van der Waals surface area contributed by atoms with E-state index in [2.05, 4.69) is 25.3 Å². The normalized spacial score (nSPS) is 10.9. The van der Waals surface area contributed by atoms with Crippen LogP contribution in [0.1, 0.15) is 5.56 Å². The molecule has 0 fully saturated rings. The Balaban J connectivity index is 1.98. The zero-order valence-electron chi connectivity index (χ0n) is 20.0. The van der Waals surface area contributed by atoms with Gasteiger partial charge in [-0.1, -0.05) is 0 Å². The van der Waals surface area contributed by atoms with Crippen molar-refractivity contribution in [3.05, 3.63) is 41.8 Å². The van der Waals surface area contributed by atoms with E-state index in [1.807, 2.05) is 0 Å². The predicted octanol–water partition coefficient (Wildman–Crippen LogP) is 3.82. The van der Waals surface area contributed by atoms with E-state index in [0.717, 1.165) is 12.5 Å². The number of rotatable bonds is 10. The molecule has 3 aromatic rings. The van der Waals surface area contributed by atoms with Crippen molar-refractivity contribution in [2.24, 2.45) is 0 Å². The topological polar surface area (TPSA) is 133 Å². The number of benzene rings is 2. The van der Waals surface area contributed by atoms with Crippen molar-refractivity contribution in [1.29, 1.82) is 0 Å². The molecule has 0 atom stereocenters. The molecule has 3 N–H and O–H groups in total. The highest BCUT2D eigenvalue weighted by Gasteiger charge is 2.18. The minimum atomic E-state index is -3.64. The average Bonchev–Trinajstić information content (AvgIpc) is 2.82. The Hall–Kier alpha value is -4.00. The fraction of sp³-hybridized carbons (Fsp3) is 0.273. The summed E-state index contributed by atoms with van der Waals surface area (Å²) in [5.74, 6) is 0.791. The zero-order chi connectivity index (χ0) is 25.8. The fourth-order valence-corrected chi connectivity index (χ4v) is 3.89. The van der Waals surface area contributed by atoms with Crippen LogP contribution in [0.5, 0.6) is 23.0 Å². The number of methoxy groups -OCH3 is 4. The van der Waals surface area contributed by atoms with Gasteiger partial charge in [-0.15, -0.1) is 0 Å². The molecule has 0 spiro atoms. The van der Waals surface area contributed by atoms with Crippen LogP contribution in [0, 0.1) is 12.7 Å².